The van der Waals surface area contributed by atoms with Crippen molar-refractivity contribution in [3.63, 3.8) is 0 Å². The lowest BCUT2D eigenvalue weighted by Gasteiger charge is -2.25. The number of guanidine groups is 1. The van der Waals surface area contributed by atoms with Gasteiger partial charge in [-0.05, 0) is 25.8 Å². The predicted octanol–water partition coefficient (Wildman–Crippen LogP) is 2.68. The minimum absolute atomic E-state index is 0. The molecule has 1 fully saturated rings. The van der Waals surface area contributed by atoms with Gasteiger partial charge in [0.15, 0.2) is 5.96 Å². The van der Waals surface area contributed by atoms with E-state index < -0.39 is 6.10 Å². The molecule has 1 aliphatic rings. The maximum atomic E-state index is 10.2. The van der Waals surface area contributed by atoms with Gasteiger partial charge in [-0.2, -0.15) is 0 Å². The number of aliphatic hydroxyl groups is 1. The van der Waals surface area contributed by atoms with Crippen molar-refractivity contribution in [3.8, 4) is 0 Å². The average molecular weight is 491 g/mol. The van der Waals surface area contributed by atoms with Crippen molar-refractivity contribution in [2.24, 2.45) is 10.9 Å². The van der Waals surface area contributed by atoms with E-state index in [0.717, 1.165) is 44.2 Å². The second kappa shape index (κ2) is 13.3. The first kappa shape index (κ1) is 24.1. The molecule has 2 N–H and O–H groups in total. The Labute approximate surface area is 180 Å². The summed E-state index contributed by atoms with van der Waals surface area (Å²) in [5, 5.41) is 13.5. The lowest BCUT2D eigenvalue weighted by atomic mass is 10.1. The van der Waals surface area contributed by atoms with Crippen molar-refractivity contribution in [1.82, 2.24) is 10.2 Å². The van der Waals surface area contributed by atoms with Crippen LogP contribution in [0.25, 0.3) is 0 Å². The zero-order valence-corrected chi connectivity index (χ0v) is 19.0. The topological polar surface area (TPSA) is 66.3 Å². The zero-order valence-electron chi connectivity index (χ0n) is 16.6. The fourth-order valence-corrected chi connectivity index (χ4v) is 2.99. The number of aliphatic hydroxyl groups excluding tert-OH is 1. The molecule has 0 aliphatic carbocycles. The summed E-state index contributed by atoms with van der Waals surface area (Å²) in [6, 6.07) is 10.0. The smallest absolute Gasteiger partial charge is 0.193 e. The van der Waals surface area contributed by atoms with Crippen LogP contribution in [0.2, 0.25) is 0 Å². The summed E-state index contributed by atoms with van der Waals surface area (Å²) in [4.78, 5) is 6.68. The minimum Gasteiger partial charge on any atom is -0.389 e. The van der Waals surface area contributed by atoms with Gasteiger partial charge in [-0.3, -0.25) is 4.99 Å². The second-order valence-electron chi connectivity index (χ2n) is 6.84. The Morgan fingerprint density at radius 2 is 2.15 bits per heavy atom. The number of hydrogen-bond donors (Lipinski definition) is 2. The second-order valence-corrected chi connectivity index (χ2v) is 6.84. The Hall–Kier alpha value is -0.900. The molecule has 2 rings (SSSR count). The summed E-state index contributed by atoms with van der Waals surface area (Å²) < 4.78 is 11.2. The van der Waals surface area contributed by atoms with Crippen LogP contribution in [0.4, 0.5) is 0 Å². The fourth-order valence-electron chi connectivity index (χ4n) is 2.99. The Balaban J connectivity index is 0.00000364. The van der Waals surface area contributed by atoms with Gasteiger partial charge in [0.2, 0.25) is 0 Å². The molecule has 0 spiro atoms. The highest BCUT2D eigenvalue weighted by Gasteiger charge is 2.19. The standard InChI is InChI=1S/C20H33N3O3.HI/c1-4-21-20(23(3)13-17-10-11-25-14-17)22-12-19(24)15-26-16(2)18-8-6-5-7-9-18;/h5-9,16-17,19,24H,4,10-15H2,1-3H3,(H,21,22);1H. The molecule has 0 bridgehead atoms. The van der Waals surface area contributed by atoms with Crippen molar-refractivity contribution >= 4 is 29.9 Å². The highest BCUT2D eigenvalue weighted by molar-refractivity contribution is 14.0. The fraction of sp³-hybridized carbons (Fsp3) is 0.650. The molecule has 1 saturated heterocycles. The molecule has 27 heavy (non-hydrogen) atoms. The van der Waals surface area contributed by atoms with Gasteiger partial charge in [0.05, 0.1) is 32.0 Å². The largest absolute Gasteiger partial charge is 0.389 e. The van der Waals surface area contributed by atoms with E-state index in [1.165, 1.54) is 0 Å². The molecule has 0 saturated carbocycles. The van der Waals surface area contributed by atoms with Gasteiger partial charge in [-0.15, -0.1) is 24.0 Å². The van der Waals surface area contributed by atoms with Crippen LogP contribution in [-0.2, 0) is 9.47 Å². The van der Waals surface area contributed by atoms with Gasteiger partial charge < -0.3 is 24.8 Å². The Kier molecular flexibility index (Phi) is 11.9. The Bertz CT molecular complexity index is 539. The molecule has 3 unspecified atom stereocenters. The summed E-state index contributed by atoms with van der Waals surface area (Å²) in [6.07, 6.45) is 0.420. The van der Waals surface area contributed by atoms with Crippen molar-refractivity contribution < 1.29 is 14.6 Å². The Morgan fingerprint density at radius 1 is 1.41 bits per heavy atom. The maximum absolute atomic E-state index is 10.2. The third kappa shape index (κ3) is 8.76. The van der Waals surface area contributed by atoms with Crippen LogP contribution in [0.15, 0.2) is 35.3 Å². The van der Waals surface area contributed by atoms with Crippen LogP contribution >= 0.6 is 24.0 Å². The van der Waals surface area contributed by atoms with E-state index in [1.807, 2.05) is 51.2 Å². The number of rotatable bonds is 9. The molecule has 0 radical (unpaired) electrons. The molecule has 6 nitrogen and oxygen atoms in total. The number of benzene rings is 1. The quantitative estimate of drug-likeness (QED) is 0.316. The van der Waals surface area contributed by atoms with Crippen LogP contribution in [0.5, 0.6) is 0 Å². The summed E-state index contributed by atoms with van der Waals surface area (Å²) in [5.41, 5.74) is 1.11. The normalized spacial score (nSPS) is 19.3. The zero-order chi connectivity index (χ0) is 18.8. The molecule has 1 aromatic carbocycles. The lowest BCUT2D eigenvalue weighted by Crippen LogP contribution is -2.42. The van der Waals surface area contributed by atoms with Gasteiger partial charge in [-0.1, -0.05) is 30.3 Å². The van der Waals surface area contributed by atoms with Gasteiger partial charge in [0.1, 0.15) is 0 Å². The average Bonchev–Trinajstić information content (AvgIpc) is 3.16. The van der Waals surface area contributed by atoms with E-state index in [-0.39, 0.29) is 36.7 Å². The summed E-state index contributed by atoms with van der Waals surface area (Å²) in [7, 11) is 2.03. The highest BCUT2D eigenvalue weighted by Crippen LogP contribution is 2.16. The number of nitrogens with zero attached hydrogens (tertiary/aromatic N) is 2. The first-order valence-electron chi connectivity index (χ1n) is 9.52. The van der Waals surface area contributed by atoms with Crippen molar-refractivity contribution in [2.75, 3.05) is 46.5 Å². The third-order valence-electron chi connectivity index (χ3n) is 4.51. The first-order chi connectivity index (χ1) is 12.6. The molecular weight excluding hydrogens is 457 g/mol. The molecule has 7 heteroatoms. The molecule has 1 heterocycles. The van der Waals surface area contributed by atoms with Crippen LogP contribution in [0.3, 0.4) is 0 Å². The number of aliphatic imine (C=N–C) groups is 1. The molecule has 1 aliphatic heterocycles. The van der Waals surface area contributed by atoms with Gasteiger partial charge in [-0.25, -0.2) is 0 Å². The summed E-state index contributed by atoms with van der Waals surface area (Å²) >= 11 is 0. The highest BCUT2D eigenvalue weighted by atomic mass is 127. The van der Waals surface area contributed by atoms with Crippen LogP contribution in [0.1, 0.15) is 31.9 Å². The minimum atomic E-state index is -0.627. The van der Waals surface area contributed by atoms with Crippen molar-refractivity contribution in [3.05, 3.63) is 35.9 Å². The van der Waals surface area contributed by atoms with Crippen molar-refractivity contribution in [1.29, 1.82) is 0 Å². The molecule has 0 amide bonds. The predicted molar refractivity (Wildman–Crippen MR) is 120 cm³/mol. The van der Waals surface area contributed by atoms with Gasteiger partial charge in [0, 0.05) is 32.7 Å². The van der Waals surface area contributed by atoms with E-state index in [2.05, 4.69) is 15.2 Å². The van der Waals surface area contributed by atoms with Crippen LogP contribution < -0.4 is 5.32 Å². The number of ether oxygens (including phenoxy) is 2. The van der Waals surface area contributed by atoms with E-state index in [4.69, 9.17) is 9.47 Å². The number of nitrogens with one attached hydrogen (secondary N) is 1. The van der Waals surface area contributed by atoms with Gasteiger partial charge in [0.25, 0.3) is 0 Å². The van der Waals surface area contributed by atoms with Crippen LogP contribution in [0, 0.1) is 5.92 Å². The van der Waals surface area contributed by atoms with Crippen LogP contribution in [-0.4, -0.2) is 68.6 Å². The first-order valence-corrected chi connectivity index (χ1v) is 9.52. The molecular formula is C20H34IN3O3. The van der Waals surface area contributed by atoms with E-state index in [1.54, 1.807) is 0 Å². The molecule has 1 aromatic rings. The molecule has 0 aromatic heterocycles. The summed E-state index contributed by atoms with van der Waals surface area (Å²) in [6.45, 7) is 7.98. The maximum Gasteiger partial charge on any atom is 0.193 e. The van der Waals surface area contributed by atoms with E-state index in [0.29, 0.717) is 12.5 Å². The molecule has 3 atom stereocenters. The van der Waals surface area contributed by atoms with E-state index in [9.17, 15) is 5.11 Å². The van der Waals surface area contributed by atoms with Gasteiger partial charge >= 0.3 is 0 Å². The monoisotopic (exact) mass is 491 g/mol. The number of halogens is 1. The van der Waals surface area contributed by atoms with Crippen molar-refractivity contribution in [2.45, 2.75) is 32.5 Å². The van der Waals surface area contributed by atoms with E-state index >= 15 is 0 Å². The lowest BCUT2D eigenvalue weighted by molar-refractivity contribution is 0.00105. The third-order valence-corrected chi connectivity index (χ3v) is 4.51. The molecule has 154 valence electrons. The summed E-state index contributed by atoms with van der Waals surface area (Å²) in [5.74, 6) is 1.36. The SMILES string of the molecule is CCNC(=NCC(O)COC(C)c1ccccc1)N(C)CC1CCOC1.I. The Morgan fingerprint density at radius 3 is 2.78 bits per heavy atom. The number of hydrogen-bond acceptors (Lipinski definition) is 4.